The smallest absolute Gasteiger partial charge is 0.342 e. The summed E-state index contributed by atoms with van der Waals surface area (Å²) >= 11 is 6.07. The van der Waals surface area contributed by atoms with E-state index in [4.69, 9.17) is 16.3 Å². The predicted molar refractivity (Wildman–Crippen MR) is 92.9 cm³/mol. The highest BCUT2D eigenvalue weighted by Crippen LogP contribution is 2.44. The number of aromatic hydroxyl groups is 2. The lowest BCUT2D eigenvalue weighted by atomic mass is 10.00. The minimum absolute atomic E-state index is 0.0661. The van der Waals surface area contributed by atoms with Crippen LogP contribution >= 0.6 is 11.6 Å². The topological polar surface area (TPSA) is 83.8 Å². The first-order valence-electron chi connectivity index (χ1n) is 8.18. The van der Waals surface area contributed by atoms with Crippen molar-refractivity contribution in [1.82, 2.24) is 0 Å². The number of ether oxygens (including phenoxy) is 1. The van der Waals surface area contributed by atoms with Gasteiger partial charge in [-0.1, -0.05) is 29.8 Å². The maximum Gasteiger partial charge on any atom is 0.342 e. The second kappa shape index (κ2) is 6.92. The number of hydrogen-bond donors (Lipinski definition) is 2. The molecule has 1 saturated carbocycles. The minimum Gasteiger partial charge on any atom is -0.507 e. The van der Waals surface area contributed by atoms with Crippen LogP contribution < -0.4 is 0 Å². The van der Waals surface area contributed by atoms with Crippen LogP contribution in [0.1, 0.15) is 35.7 Å². The Morgan fingerprint density at radius 2 is 1.92 bits per heavy atom. The molecule has 1 fully saturated rings. The molecule has 3 rings (SSSR count). The molecule has 2 aliphatic rings. The molecule has 6 heteroatoms. The average molecular weight is 363 g/mol. The summed E-state index contributed by atoms with van der Waals surface area (Å²) in [4.78, 5) is 24.7. The van der Waals surface area contributed by atoms with E-state index < -0.39 is 17.5 Å². The number of cyclic esters (lactones) is 1. The Labute approximate surface area is 150 Å². The highest BCUT2D eigenvalue weighted by atomic mass is 35.5. The van der Waals surface area contributed by atoms with E-state index in [1.807, 2.05) is 12.2 Å². The van der Waals surface area contributed by atoms with Gasteiger partial charge in [0.2, 0.25) is 0 Å². The number of benzene rings is 1. The van der Waals surface area contributed by atoms with E-state index >= 15 is 0 Å². The number of esters is 1. The number of carbonyl (C=O) groups is 2. The third-order valence-electron chi connectivity index (χ3n) is 4.55. The van der Waals surface area contributed by atoms with Gasteiger partial charge in [0.25, 0.3) is 0 Å². The Hall–Kier alpha value is -2.27. The van der Waals surface area contributed by atoms with Gasteiger partial charge >= 0.3 is 5.97 Å². The molecule has 1 aromatic carbocycles. The van der Waals surface area contributed by atoms with Crippen LogP contribution in [-0.4, -0.2) is 28.1 Å². The number of rotatable bonds is 0. The van der Waals surface area contributed by atoms with Gasteiger partial charge in [0.15, 0.2) is 5.78 Å². The summed E-state index contributed by atoms with van der Waals surface area (Å²) in [7, 11) is 0. The number of ketones is 1. The molecule has 1 aliphatic carbocycles. The molecular formula is C19H19ClO5. The van der Waals surface area contributed by atoms with Crippen molar-refractivity contribution in [3.8, 4) is 11.5 Å². The fourth-order valence-electron chi connectivity index (χ4n) is 3.17. The van der Waals surface area contributed by atoms with Gasteiger partial charge in [-0.2, -0.15) is 0 Å². The van der Waals surface area contributed by atoms with Crippen LogP contribution in [0.15, 0.2) is 30.4 Å². The minimum atomic E-state index is -0.747. The van der Waals surface area contributed by atoms with Crippen molar-refractivity contribution < 1.29 is 24.5 Å². The number of carbonyl (C=O) groups excluding carboxylic acids is 2. The van der Waals surface area contributed by atoms with Crippen molar-refractivity contribution in [1.29, 1.82) is 0 Å². The molecule has 0 saturated heterocycles. The van der Waals surface area contributed by atoms with Crippen LogP contribution in [0, 0.1) is 11.8 Å². The zero-order chi connectivity index (χ0) is 18.1. The van der Waals surface area contributed by atoms with E-state index in [1.165, 1.54) is 6.08 Å². The van der Waals surface area contributed by atoms with Crippen LogP contribution in [0.4, 0.5) is 0 Å². The van der Waals surface area contributed by atoms with Crippen LogP contribution in [0.25, 0.3) is 0 Å². The maximum absolute atomic E-state index is 12.5. The van der Waals surface area contributed by atoms with Crippen LogP contribution in [0.2, 0.25) is 5.02 Å². The van der Waals surface area contributed by atoms with Crippen LogP contribution in [0.3, 0.4) is 0 Å². The van der Waals surface area contributed by atoms with E-state index in [0.29, 0.717) is 11.8 Å². The highest BCUT2D eigenvalue weighted by Gasteiger charge is 2.36. The molecule has 3 atom stereocenters. The van der Waals surface area contributed by atoms with E-state index in [-0.39, 0.29) is 34.5 Å². The number of phenolic OH excluding ortho intramolecular Hbond substituents is 2. The molecule has 0 amide bonds. The number of allylic oxidation sites excluding steroid dienone is 4. The standard InChI is InChI=1S/C19H19ClO5/c1-10-6-12-7-11(12)4-2-3-5-13(21)8-14-17(19(24)25-10)15(22)9-16(23)18(14)20/h2-5,9-12,22-23H,6-8H2,1H3/t10-,11-,12+/m1/s1. The van der Waals surface area contributed by atoms with Crippen molar-refractivity contribution in [2.45, 2.75) is 32.3 Å². The quantitative estimate of drug-likeness (QED) is 0.689. The zero-order valence-electron chi connectivity index (χ0n) is 13.7. The third-order valence-corrected chi connectivity index (χ3v) is 4.97. The van der Waals surface area contributed by atoms with Crippen molar-refractivity contribution >= 4 is 23.4 Å². The van der Waals surface area contributed by atoms with Gasteiger partial charge in [0.05, 0.1) is 11.1 Å². The first-order chi connectivity index (χ1) is 11.9. The number of fused-ring (bicyclic) bond motifs is 2. The van der Waals surface area contributed by atoms with Gasteiger partial charge in [-0.3, -0.25) is 4.79 Å². The lowest BCUT2D eigenvalue weighted by Gasteiger charge is -2.17. The van der Waals surface area contributed by atoms with Gasteiger partial charge in [-0.15, -0.1) is 0 Å². The second-order valence-corrected chi connectivity index (χ2v) is 6.96. The normalized spacial score (nSPS) is 26.4. The third kappa shape index (κ3) is 3.87. The molecule has 0 unspecified atom stereocenters. The Morgan fingerprint density at radius 3 is 2.68 bits per heavy atom. The number of phenols is 2. The Balaban J connectivity index is 2.01. The maximum atomic E-state index is 12.5. The van der Waals surface area contributed by atoms with Crippen LogP contribution in [0.5, 0.6) is 11.5 Å². The number of hydrogen-bond acceptors (Lipinski definition) is 5. The highest BCUT2D eigenvalue weighted by molar-refractivity contribution is 6.33. The Morgan fingerprint density at radius 1 is 1.16 bits per heavy atom. The SMILES string of the molecule is C[C@@H]1C[C@H]2C[C@H]2C=CC=CC(=O)Cc2c(Cl)c(O)cc(O)c2C(=O)O1. The molecule has 0 bridgehead atoms. The lowest BCUT2D eigenvalue weighted by molar-refractivity contribution is -0.114. The molecule has 1 aromatic rings. The summed E-state index contributed by atoms with van der Waals surface area (Å²) in [6.45, 7) is 1.80. The van der Waals surface area contributed by atoms with E-state index in [1.54, 1.807) is 13.0 Å². The summed E-state index contributed by atoms with van der Waals surface area (Å²) in [5.41, 5.74) is -0.104. The average Bonchev–Trinajstić information content (AvgIpc) is 3.25. The molecule has 0 aromatic heterocycles. The fourth-order valence-corrected chi connectivity index (χ4v) is 3.39. The molecule has 1 heterocycles. The van der Waals surface area contributed by atoms with Gasteiger partial charge in [-0.25, -0.2) is 4.79 Å². The predicted octanol–water partition coefficient (Wildman–Crippen LogP) is 3.56. The van der Waals surface area contributed by atoms with E-state index in [0.717, 1.165) is 18.9 Å². The lowest BCUT2D eigenvalue weighted by Crippen LogP contribution is -2.18. The molecule has 0 spiro atoms. The summed E-state index contributed by atoms with van der Waals surface area (Å²) < 4.78 is 5.44. The van der Waals surface area contributed by atoms with Gasteiger partial charge in [0, 0.05) is 18.1 Å². The van der Waals surface area contributed by atoms with Gasteiger partial charge in [0.1, 0.15) is 17.1 Å². The first-order valence-corrected chi connectivity index (χ1v) is 8.56. The first kappa shape index (κ1) is 17.5. The van der Waals surface area contributed by atoms with Crippen molar-refractivity contribution in [2.75, 3.05) is 0 Å². The number of halogens is 1. The Kier molecular flexibility index (Phi) is 4.86. The van der Waals surface area contributed by atoms with Crippen LogP contribution in [-0.2, 0) is 16.0 Å². The molecule has 1 aliphatic heterocycles. The van der Waals surface area contributed by atoms with Crippen molar-refractivity contribution in [3.63, 3.8) is 0 Å². The van der Waals surface area contributed by atoms with Gasteiger partial charge < -0.3 is 14.9 Å². The van der Waals surface area contributed by atoms with E-state index in [9.17, 15) is 19.8 Å². The van der Waals surface area contributed by atoms with Crippen molar-refractivity contribution in [3.05, 3.63) is 46.5 Å². The molecular weight excluding hydrogens is 344 g/mol. The Bertz CT molecular complexity index is 781. The zero-order valence-corrected chi connectivity index (χ0v) is 14.5. The monoisotopic (exact) mass is 362 g/mol. The summed E-state index contributed by atoms with van der Waals surface area (Å²) in [6.07, 6.45) is 8.13. The molecule has 5 nitrogen and oxygen atoms in total. The summed E-state index contributed by atoms with van der Waals surface area (Å²) in [6, 6.07) is 0.982. The molecule has 25 heavy (non-hydrogen) atoms. The van der Waals surface area contributed by atoms with E-state index in [2.05, 4.69) is 0 Å². The largest absolute Gasteiger partial charge is 0.507 e. The fraction of sp³-hybridized carbons (Fsp3) is 0.368. The second-order valence-electron chi connectivity index (χ2n) is 6.58. The van der Waals surface area contributed by atoms with Crippen molar-refractivity contribution in [2.24, 2.45) is 11.8 Å². The summed E-state index contributed by atoms with van der Waals surface area (Å²) in [5, 5.41) is 19.8. The molecule has 132 valence electrons. The van der Waals surface area contributed by atoms with Gasteiger partial charge in [-0.05, 0) is 37.7 Å². The molecule has 0 radical (unpaired) electrons. The molecule has 2 N–H and O–H groups in total. The summed E-state index contributed by atoms with van der Waals surface area (Å²) in [5.74, 6) is -1.01.